The molecule has 1 saturated heterocycles. The van der Waals surface area contributed by atoms with E-state index in [1.807, 2.05) is 0 Å². The van der Waals surface area contributed by atoms with E-state index in [1.54, 1.807) is 6.92 Å². The molecule has 1 aliphatic rings. The Labute approximate surface area is 156 Å². The molecule has 28 heavy (non-hydrogen) atoms. The average molecular weight is 402 g/mol. The number of pyridine rings is 1. The van der Waals surface area contributed by atoms with Gasteiger partial charge in [0, 0.05) is 17.3 Å². The van der Waals surface area contributed by atoms with Gasteiger partial charge in [-0.05, 0) is 30.7 Å². The van der Waals surface area contributed by atoms with E-state index in [0.717, 1.165) is 18.3 Å². The summed E-state index contributed by atoms with van der Waals surface area (Å²) in [6.45, 7) is -1.42. The van der Waals surface area contributed by atoms with Crippen LogP contribution in [0.4, 0.5) is 26.7 Å². The second-order valence-electron chi connectivity index (χ2n) is 6.16. The number of hydrogen-bond donors (Lipinski definition) is 0. The topological polar surface area (TPSA) is 51.7 Å². The molecule has 0 radical (unpaired) electrons. The number of carbonyl (C=O) groups is 1. The van der Waals surface area contributed by atoms with Crippen molar-refractivity contribution in [2.24, 2.45) is 0 Å². The Bertz CT molecular complexity index is 878. The van der Waals surface area contributed by atoms with E-state index in [1.165, 1.54) is 17.0 Å². The summed E-state index contributed by atoms with van der Waals surface area (Å²) in [6, 6.07) is 4.20. The van der Waals surface area contributed by atoms with Gasteiger partial charge in [-0.15, -0.1) is 0 Å². The van der Waals surface area contributed by atoms with Crippen molar-refractivity contribution >= 4 is 6.09 Å². The van der Waals surface area contributed by atoms with Gasteiger partial charge in [0.1, 0.15) is 12.4 Å². The van der Waals surface area contributed by atoms with Gasteiger partial charge < -0.3 is 9.47 Å². The molecular formula is C18H15F5N2O3. The second-order valence-corrected chi connectivity index (χ2v) is 6.16. The van der Waals surface area contributed by atoms with Gasteiger partial charge in [0.15, 0.2) is 0 Å². The molecule has 0 spiro atoms. The van der Waals surface area contributed by atoms with Gasteiger partial charge in [-0.3, -0.25) is 4.90 Å². The fourth-order valence-electron chi connectivity index (χ4n) is 2.80. The maximum Gasteiger partial charge on any atom is 0.410 e. The first-order valence-electron chi connectivity index (χ1n) is 8.21. The minimum Gasteiger partial charge on any atom is -0.447 e. The highest BCUT2D eigenvalue weighted by Crippen LogP contribution is 2.31. The van der Waals surface area contributed by atoms with Gasteiger partial charge in [0.25, 0.3) is 6.43 Å². The van der Waals surface area contributed by atoms with Crippen molar-refractivity contribution in [3.05, 3.63) is 47.4 Å². The summed E-state index contributed by atoms with van der Waals surface area (Å²) >= 11 is 0. The molecule has 2 heterocycles. The SMILES string of the molecule is C[C@@H]1COC(=O)N1Cc1cc(-c2ccc(F)c(C(F)F)c2)cnc1OC(F)F. The van der Waals surface area contributed by atoms with Crippen LogP contribution in [0.25, 0.3) is 11.1 Å². The Balaban J connectivity index is 2.00. The van der Waals surface area contributed by atoms with E-state index in [0.29, 0.717) is 0 Å². The fraction of sp³-hybridized carbons (Fsp3) is 0.333. The third kappa shape index (κ3) is 4.15. The number of cyclic esters (lactones) is 1. The molecule has 0 unspecified atom stereocenters. The zero-order valence-corrected chi connectivity index (χ0v) is 14.5. The number of halogens is 5. The van der Waals surface area contributed by atoms with Crippen LogP contribution in [0.3, 0.4) is 0 Å². The summed E-state index contributed by atoms with van der Waals surface area (Å²) in [6.07, 6.45) is -2.49. The smallest absolute Gasteiger partial charge is 0.410 e. The van der Waals surface area contributed by atoms with Crippen LogP contribution in [0, 0.1) is 5.82 Å². The summed E-state index contributed by atoms with van der Waals surface area (Å²) in [5.41, 5.74) is -0.167. The number of benzene rings is 1. The quantitative estimate of drug-likeness (QED) is 0.654. The predicted molar refractivity (Wildman–Crippen MR) is 87.6 cm³/mol. The lowest BCUT2D eigenvalue weighted by Crippen LogP contribution is -2.30. The lowest BCUT2D eigenvalue weighted by atomic mass is 10.0. The predicted octanol–water partition coefficient (Wildman–Crippen LogP) is 4.77. The molecule has 1 amide bonds. The number of aromatic nitrogens is 1. The van der Waals surface area contributed by atoms with E-state index in [2.05, 4.69) is 9.72 Å². The van der Waals surface area contributed by atoms with Gasteiger partial charge in [-0.25, -0.2) is 22.9 Å². The van der Waals surface area contributed by atoms with Crippen molar-refractivity contribution in [3.8, 4) is 17.0 Å². The Morgan fingerprint density at radius 2 is 2.00 bits per heavy atom. The maximum atomic E-state index is 13.5. The molecule has 1 fully saturated rings. The van der Waals surface area contributed by atoms with E-state index in [4.69, 9.17) is 4.74 Å². The maximum absolute atomic E-state index is 13.5. The normalized spacial score (nSPS) is 16.8. The standard InChI is InChI=1S/C18H15F5N2O3/c1-9-8-27-18(26)25(9)7-12-4-11(6-24-16(12)28-17(22)23)10-2-3-14(19)13(5-10)15(20)21/h2-6,9,15,17H,7-8H2,1H3/t9-/m1/s1. The number of nitrogens with zero attached hydrogens (tertiary/aromatic N) is 2. The van der Waals surface area contributed by atoms with Crippen LogP contribution in [-0.2, 0) is 11.3 Å². The largest absolute Gasteiger partial charge is 0.447 e. The first-order chi connectivity index (χ1) is 13.3. The summed E-state index contributed by atoms with van der Waals surface area (Å²) in [5.74, 6) is -1.46. The Kier molecular flexibility index (Phi) is 5.66. The van der Waals surface area contributed by atoms with Crippen LogP contribution in [0.5, 0.6) is 5.88 Å². The van der Waals surface area contributed by atoms with Crippen LogP contribution in [0.2, 0.25) is 0 Å². The van der Waals surface area contributed by atoms with Gasteiger partial charge in [-0.1, -0.05) is 6.07 Å². The summed E-state index contributed by atoms with van der Waals surface area (Å²) in [4.78, 5) is 16.9. The molecule has 1 atom stereocenters. The van der Waals surface area contributed by atoms with E-state index in [9.17, 15) is 26.7 Å². The highest BCUT2D eigenvalue weighted by atomic mass is 19.3. The number of carbonyl (C=O) groups excluding carboxylic acids is 1. The van der Waals surface area contributed by atoms with Crippen LogP contribution < -0.4 is 4.74 Å². The van der Waals surface area contributed by atoms with Crippen molar-refractivity contribution in [1.82, 2.24) is 9.88 Å². The zero-order chi connectivity index (χ0) is 20.4. The third-order valence-corrected chi connectivity index (χ3v) is 4.25. The molecule has 0 saturated carbocycles. The molecule has 0 N–H and O–H groups in total. The van der Waals surface area contributed by atoms with Gasteiger partial charge >= 0.3 is 12.7 Å². The fourth-order valence-corrected chi connectivity index (χ4v) is 2.80. The molecule has 10 heteroatoms. The van der Waals surface area contributed by atoms with Crippen molar-refractivity contribution in [2.75, 3.05) is 6.61 Å². The van der Waals surface area contributed by atoms with Crippen molar-refractivity contribution in [3.63, 3.8) is 0 Å². The third-order valence-electron chi connectivity index (χ3n) is 4.25. The molecule has 3 rings (SSSR count). The molecule has 1 aliphatic heterocycles. The number of ether oxygens (including phenoxy) is 2. The number of amides is 1. The summed E-state index contributed by atoms with van der Waals surface area (Å²) in [5, 5.41) is 0. The minimum absolute atomic E-state index is 0.131. The van der Waals surface area contributed by atoms with Crippen LogP contribution in [-0.4, -0.2) is 35.2 Å². The number of hydrogen-bond acceptors (Lipinski definition) is 4. The van der Waals surface area contributed by atoms with E-state index < -0.39 is 36.4 Å². The molecule has 1 aromatic carbocycles. The van der Waals surface area contributed by atoms with Crippen molar-refractivity contribution < 1.29 is 36.2 Å². The first kappa shape index (κ1) is 19.8. The zero-order valence-electron chi connectivity index (χ0n) is 14.5. The molecule has 2 aromatic rings. The monoisotopic (exact) mass is 402 g/mol. The lowest BCUT2D eigenvalue weighted by Gasteiger charge is -2.20. The Morgan fingerprint density at radius 1 is 1.25 bits per heavy atom. The van der Waals surface area contributed by atoms with Gasteiger partial charge in [0.05, 0.1) is 18.2 Å². The Morgan fingerprint density at radius 3 is 2.61 bits per heavy atom. The second kappa shape index (κ2) is 7.99. The molecule has 0 aliphatic carbocycles. The van der Waals surface area contributed by atoms with Gasteiger partial charge in [0.2, 0.25) is 5.88 Å². The lowest BCUT2D eigenvalue weighted by molar-refractivity contribution is -0.0537. The van der Waals surface area contributed by atoms with Gasteiger partial charge in [-0.2, -0.15) is 8.78 Å². The molecule has 0 bridgehead atoms. The molecular weight excluding hydrogens is 387 g/mol. The summed E-state index contributed by atoms with van der Waals surface area (Å²) < 4.78 is 74.1. The van der Waals surface area contributed by atoms with E-state index in [-0.39, 0.29) is 35.9 Å². The Hall–Kier alpha value is -2.91. The molecule has 150 valence electrons. The van der Waals surface area contributed by atoms with E-state index >= 15 is 0 Å². The minimum atomic E-state index is -3.14. The number of rotatable bonds is 6. The first-order valence-corrected chi connectivity index (χ1v) is 8.21. The van der Waals surface area contributed by atoms with Crippen molar-refractivity contribution in [2.45, 2.75) is 32.5 Å². The van der Waals surface area contributed by atoms with Crippen molar-refractivity contribution in [1.29, 1.82) is 0 Å². The van der Waals surface area contributed by atoms with Crippen LogP contribution >= 0.6 is 0 Å². The number of alkyl halides is 4. The highest BCUT2D eigenvalue weighted by molar-refractivity contribution is 5.70. The van der Waals surface area contributed by atoms with Crippen LogP contribution in [0.1, 0.15) is 24.5 Å². The summed E-state index contributed by atoms with van der Waals surface area (Å²) in [7, 11) is 0. The van der Waals surface area contributed by atoms with Crippen LogP contribution in [0.15, 0.2) is 30.5 Å². The molecule has 5 nitrogen and oxygen atoms in total. The average Bonchev–Trinajstić information content (AvgIpc) is 2.95. The highest BCUT2D eigenvalue weighted by Gasteiger charge is 2.31. The molecule has 1 aromatic heterocycles.